The van der Waals surface area contributed by atoms with Gasteiger partial charge >= 0.3 is 0 Å². The van der Waals surface area contributed by atoms with Crippen LogP contribution in [0.3, 0.4) is 0 Å². The molecule has 0 aliphatic carbocycles. The largest absolute Gasteiger partial charge is 0.493 e. The third-order valence-electron chi connectivity index (χ3n) is 4.90. The van der Waals surface area contributed by atoms with Gasteiger partial charge in [0.1, 0.15) is 5.82 Å². The second kappa shape index (κ2) is 9.26. The van der Waals surface area contributed by atoms with Crippen molar-refractivity contribution in [2.45, 2.75) is 0 Å². The van der Waals surface area contributed by atoms with E-state index in [9.17, 15) is 9.18 Å². The molecule has 0 saturated heterocycles. The molecule has 0 saturated carbocycles. The summed E-state index contributed by atoms with van der Waals surface area (Å²) < 4.78 is 24.0. The first-order valence-corrected chi connectivity index (χ1v) is 9.81. The number of pyridine rings is 1. The molecule has 4 aromatic rings. The Morgan fingerprint density at radius 2 is 1.78 bits per heavy atom. The van der Waals surface area contributed by atoms with Gasteiger partial charge < -0.3 is 9.47 Å². The van der Waals surface area contributed by atoms with Crippen molar-refractivity contribution >= 4 is 23.0 Å². The number of para-hydroxylation sites is 2. The highest BCUT2D eigenvalue weighted by atomic mass is 19.1. The summed E-state index contributed by atoms with van der Waals surface area (Å²) in [7, 11) is 3.08. The standard InChI is InChI=1S/C25H20FN3O3/c1-31-23-9-5-6-17(24(23)32-2)15-27-29-25(30)20-14-22(16-10-12-18(26)13-11-16)28-21-8-4-3-7-19(20)21/h3-15H,1-2H3,(H,29,30)/b27-15+. The van der Waals surface area contributed by atoms with Gasteiger partial charge in [0.25, 0.3) is 5.91 Å². The fraction of sp³-hybridized carbons (Fsp3) is 0.0800. The van der Waals surface area contributed by atoms with Crippen molar-refractivity contribution < 1.29 is 18.7 Å². The van der Waals surface area contributed by atoms with Gasteiger partial charge in [-0.05, 0) is 48.5 Å². The molecule has 7 heteroatoms. The number of amides is 1. The Bertz CT molecular complexity index is 1300. The minimum absolute atomic E-state index is 0.338. The van der Waals surface area contributed by atoms with Crippen molar-refractivity contribution in [1.82, 2.24) is 10.4 Å². The van der Waals surface area contributed by atoms with Crippen molar-refractivity contribution in [1.29, 1.82) is 0 Å². The number of carbonyl (C=O) groups is 1. The number of benzene rings is 3. The molecule has 0 spiro atoms. The Kier molecular flexibility index (Phi) is 6.07. The Balaban J connectivity index is 1.66. The summed E-state index contributed by atoms with van der Waals surface area (Å²) in [4.78, 5) is 17.6. The van der Waals surface area contributed by atoms with Crippen LogP contribution in [0.1, 0.15) is 15.9 Å². The Morgan fingerprint density at radius 1 is 1.00 bits per heavy atom. The summed E-state index contributed by atoms with van der Waals surface area (Å²) in [5.74, 6) is 0.340. The normalized spacial score (nSPS) is 11.0. The van der Waals surface area contributed by atoms with E-state index in [1.165, 1.54) is 25.5 Å². The minimum Gasteiger partial charge on any atom is -0.493 e. The minimum atomic E-state index is -0.398. The second-order valence-electron chi connectivity index (χ2n) is 6.86. The van der Waals surface area contributed by atoms with E-state index in [0.717, 1.165) is 0 Å². The third-order valence-corrected chi connectivity index (χ3v) is 4.90. The first-order valence-electron chi connectivity index (χ1n) is 9.81. The zero-order valence-electron chi connectivity index (χ0n) is 17.5. The Hall–Kier alpha value is -4.26. The van der Waals surface area contributed by atoms with Crippen molar-refractivity contribution in [3.63, 3.8) is 0 Å². The lowest BCUT2D eigenvalue weighted by Crippen LogP contribution is -2.18. The molecule has 0 bridgehead atoms. The molecule has 6 nitrogen and oxygen atoms in total. The summed E-state index contributed by atoms with van der Waals surface area (Å²) in [5.41, 5.74) is 5.54. The number of ether oxygens (including phenoxy) is 2. The number of nitrogens with one attached hydrogen (secondary N) is 1. The average molecular weight is 429 g/mol. The summed E-state index contributed by atoms with van der Waals surface area (Å²) >= 11 is 0. The van der Waals surface area contributed by atoms with Crippen LogP contribution in [0.15, 0.2) is 77.9 Å². The maximum absolute atomic E-state index is 13.3. The maximum Gasteiger partial charge on any atom is 0.272 e. The molecule has 0 aliphatic rings. The highest BCUT2D eigenvalue weighted by molar-refractivity contribution is 6.07. The topological polar surface area (TPSA) is 72.8 Å². The molecule has 0 radical (unpaired) electrons. The SMILES string of the molecule is COc1cccc(/C=N/NC(=O)c2cc(-c3ccc(F)cc3)nc3ccccc23)c1OC. The van der Waals surface area contributed by atoms with Crippen LogP contribution in [0.4, 0.5) is 4.39 Å². The lowest BCUT2D eigenvalue weighted by atomic mass is 10.0. The van der Waals surface area contributed by atoms with Gasteiger partial charge in [-0.15, -0.1) is 0 Å². The van der Waals surface area contributed by atoms with Crippen molar-refractivity contribution in [3.8, 4) is 22.8 Å². The van der Waals surface area contributed by atoms with E-state index in [1.807, 2.05) is 24.3 Å². The van der Waals surface area contributed by atoms with Gasteiger partial charge in [-0.1, -0.05) is 24.3 Å². The second-order valence-corrected chi connectivity index (χ2v) is 6.86. The van der Waals surface area contributed by atoms with E-state index in [2.05, 4.69) is 15.5 Å². The Labute approximate surface area is 184 Å². The van der Waals surface area contributed by atoms with Crippen molar-refractivity contribution in [3.05, 3.63) is 89.7 Å². The molecule has 1 aromatic heterocycles. The van der Waals surface area contributed by atoms with Crippen LogP contribution >= 0.6 is 0 Å². The maximum atomic E-state index is 13.3. The van der Waals surface area contributed by atoms with E-state index in [1.54, 1.807) is 43.5 Å². The molecule has 3 aromatic carbocycles. The highest BCUT2D eigenvalue weighted by Gasteiger charge is 2.14. The van der Waals surface area contributed by atoms with E-state index in [0.29, 0.717) is 44.8 Å². The number of carbonyl (C=O) groups excluding carboxylic acids is 1. The summed E-state index contributed by atoms with van der Waals surface area (Å²) in [5, 5.41) is 4.78. The lowest BCUT2D eigenvalue weighted by Gasteiger charge is -2.10. The number of methoxy groups -OCH3 is 2. The fourth-order valence-electron chi connectivity index (χ4n) is 3.37. The molecular formula is C25H20FN3O3. The van der Waals surface area contributed by atoms with Crippen LogP contribution in [0.25, 0.3) is 22.2 Å². The van der Waals surface area contributed by atoms with Gasteiger partial charge in [-0.3, -0.25) is 4.79 Å². The number of hydrogen-bond acceptors (Lipinski definition) is 5. The predicted molar refractivity (Wildman–Crippen MR) is 122 cm³/mol. The number of fused-ring (bicyclic) bond motifs is 1. The molecule has 4 rings (SSSR count). The highest BCUT2D eigenvalue weighted by Crippen LogP contribution is 2.29. The first-order chi connectivity index (χ1) is 15.6. The van der Waals surface area contributed by atoms with E-state index >= 15 is 0 Å². The molecule has 1 N–H and O–H groups in total. The van der Waals surface area contributed by atoms with Crippen molar-refractivity contribution in [2.24, 2.45) is 5.10 Å². The predicted octanol–water partition coefficient (Wildman–Crippen LogP) is 4.82. The van der Waals surface area contributed by atoms with Crippen molar-refractivity contribution in [2.75, 3.05) is 14.2 Å². The van der Waals surface area contributed by atoms with Crippen LogP contribution in [-0.2, 0) is 0 Å². The molecule has 1 heterocycles. The molecule has 0 fully saturated rings. The zero-order valence-corrected chi connectivity index (χ0v) is 17.5. The smallest absolute Gasteiger partial charge is 0.272 e. The van der Waals surface area contributed by atoms with Gasteiger partial charge in [-0.2, -0.15) is 5.10 Å². The fourth-order valence-corrected chi connectivity index (χ4v) is 3.37. The monoisotopic (exact) mass is 429 g/mol. The zero-order chi connectivity index (χ0) is 22.5. The van der Waals surface area contributed by atoms with Gasteiger partial charge in [-0.25, -0.2) is 14.8 Å². The number of aromatic nitrogens is 1. The molecule has 0 unspecified atom stereocenters. The number of rotatable bonds is 6. The number of nitrogens with zero attached hydrogens (tertiary/aromatic N) is 2. The van der Waals surface area contributed by atoms with Gasteiger partial charge in [0.2, 0.25) is 0 Å². The molecule has 0 aliphatic heterocycles. The van der Waals surface area contributed by atoms with Crippen LogP contribution < -0.4 is 14.9 Å². The quantitative estimate of drug-likeness (QED) is 0.352. The Morgan fingerprint density at radius 3 is 2.53 bits per heavy atom. The van der Waals surface area contributed by atoms with Gasteiger partial charge in [0.05, 0.1) is 37.2 Å². The lowest BCUT2D eigenvalue weighted by molar-refractivity contribution is 0.0956. The summed E-state index contributed by atoms with van der Waals surface area (Å²) in [6.45, 7) is 0. The van der Waals surface area contributed by atoms with Gasteiger partial charge in [0.15, 0.2) is 11.5 Å². The number of hydrazone groups is 1. The molecule has 1 amide bonds. The molecular weight excluding hydrogens is 409 g/mol. The van der Waals surface area contributed by atoms with Crippen LogP contribution in [0, 0.1) is 5.82 Å². The van der Waals surface area contributed by atoms with E-state index in [4.69, 9.17) is 9.47 Å². The average Bonchev–Trinajstić information content (AvgIpc) is 2.83. The number of hydrogen-bond donors (Lipinski definition) is 1. The molecule has 32 heavy (non-hydrogen) atoms. The molecule has 0 atom stereocenters. The third kappa shape index (κ3) is 4.27. The van der Waals surface area contributed by atoms with E-state index < -0.39 is 5.91 Å². The van der Waals surface area contributed by atoms with Crippen LogP contribution in [-0.4, -0.2) is 31.3 Å². The van der Waals surface area contributed by atoms with E-state index in [-0.39, 0.29) is 5.82 Å². The van der Waals surface area contributed by atoms with Crippen LogP contribution in [0.5, 0.6) is 11.5 Å². The molecule has 160 valence electrons. The number of halogens is 1. The summed E-state index contributed by atoms with van der Waals surface area (Å²) in [6.07, 6.45) is 1.49. The van der Waals surface area contributed by atoms with Crippen LogP contribution in [0.2, 0.25) is 0 Å². The van der Waals surface area contributed by atoms with Gasteiger partial charge in [0, 0.05) is 16.5 Å². The first kappa shape index (κ1) is 21.0. The summed E-state index contributed by atoms with van der Waals surface area (Å²) in [6, 6.07) is 20.3.